The molecule has 1 amide bonds. The molecule has 0 aliphatic rings. The monoisotopic (exact) mass is 280 g/mol. The van der Waals surface area contributed by atoms with Gasteiger partial charge in [0.1, 0.15) is 6.33 Å². The summed E-state index contributed by atoms with van der Waals surface area (Å²) >= 11 is 3.40. The van der Waals surface area contributed by atoms with Crippen LogP contribution in [0.2, 0.25) is 0 Å². The zero-order chi connectivity index (χ0) is 11.5. The molecule has 6 heteroatoms. The number of H-pyrrole nitrogens is 1. The lowest BCUT2D eigenvalue weighted by molar-refractivity contribution is 0.101. The SMILES string of the molecule is Cc1ccc(NC(=O)c2ncn[nH]2)cc1Br. The largest absolute Gasteiger partial charge is 0.319 e. The number of amides is 1. The first-order valence-corrected chi connectivity index (χ1v) is 5.39. The van der Waals surface area contributed by atoms with Crippen LogP contribution >= 0.6 is 15.9 Å². The number of aryl methyl sites for hydroxylation is 1. The van der Waals surface area contributed by atoms with E-state index < -0.39 is 0 Å². The summed E-state index contributed by atoms with van der Waals surface area (Å²) in [5.41, 5.74) is 1.82. The first-order chi connectivity index (χ1) is 7.66. The number of hydrogen-bond acceptors (Lipinski definition) is 3. The molecule has 0 saturated carbocycles. The van der Waals surface area contributed by atoms with Crippen molar-refractivity contribution in [2.24, 2.45) is 0 Å². The molecule has 2 N–H and O–H groups in total. The molecule has 0 aliphatic carbocycles. The summed E-state index contributed by atoms with van der Waals surface area (Å²) in [6.07, 6.45) is 1.29. The van der Waals surface area contributed by atoms with Crippen LogP contribution < -0.4 is 5.32 Å². The Labute approximate surface area is 100 Å². The van der Waals surface area contributed by atoms with E-state index in [0.29, 0.717) is 5.69 Å². The molecule has 1 aromatic heterocycles. The third kappa shape index (κ3) is 2.27. The Bertz CT molecular complexity index is 510. The summed E-state index contributed by atoms with van der Waals surface area (Å²) < 4.78 is 0.947. The first-order valence-electron chi connectivity index (χ1n) is 4.59. The Kier molecular flexibility index (Phi) is 3.00. The number of rotatable bonds is 2. The zero-order valence-electron chi connectivity index (χ0n) is 8.49. The molecule has 2 rings (SSSR count). The Balaban J connectivity index is 2.15. The van der Waals surface area contributed by atoms with E-state index in [4.69, 9.17) is 0 Å². The lowest BCUT2D eigenvalue weighted by atomic mass is 10.2. The topological polar surface area (TPSA) is 70.7 Å². The number of carbonyl (C=O) groups is 1. The number of nitrogens with one attached hydrogen (secondary N) is 2. The Hall–Kier alpha value is -1.69. The maximum atomic E-state index is 11.6. The smallest absolute Gasteiger partial charge is 0.292 e. The summed E-state index contributed by atoms with van der Waals surface area (Å²) in [6.45, 7) is 1.98. The van der Waals surface area contributed by atoms with Gasteiger partial charge in [0.15, 0.2) is 0 Å². The molecule has 0 unspecified atom stereocenters. The fraction of sp³-hybridized carbons (Fsp3) is 0.100. The third-order valence-electron chi connectivity index (χ3n) is 2.06. The fourth-order valence-electron chi connectivity index (χ4n) is 1.18. The molecule has 1 aromatic carbocycles. The number of anilines is 1. The summed E-state index contributed by atoms with van der Waals surface area (Å²) in [4.78, 5) is 15.4. The lowest BCUT2D eigenvalue weighted by Gasteiger charge is -2.04. The van der Waals surface area contributed by atoms with Crippen LogP contribution in [0.15, 0.2) is 29.0 Å². The fourth-order valence-corrected chi connectivity index (χ4v) is 1.55. The number of aromatic nitrogens is 3. The van der Waals surface area contributed by atoms with Gasteiger partial charge in [0, 0.05) is 10.2 Å². The molecule has 0 fully saturated rings. The van der Waals surface area contributed by atoms with Crippen molar-refractivity contribution < 1.29 is 4.79 Å². The quantitative estimate of drug-likeness (QED) is 0.885. The van der Waals surface area contributed by atoms with Gasteiger partial charge < -0.3 is 5.32 Å². The van der Waals surface area contributed by atoms with Crippen LogP contribution in [0.1, 0.15) is 16.2 Å². The van der Waals surface area contributed by atoms with Gasteiger partial charge in [-0.3, -0.25) is 9.89 Å². The van der Waals surface area contributed by atoms with E-state index in [-0.39, 0.29) is 11.7 Å². The van der Waals surface area contributed by atoms with Crippen molar-refractivity contribution in [3.05, 3.63) is 40.4 Å². The minimum absolute atomic E-state index is 0.191. The van der Waals surface area contributed by atoms with Crippen LogP contribution in [0.4, 0.5) is 5.69 Å². The molecular formula is C10H9BrN4O. The molecule has 16 heavy (non-hydrogen) atoms. The number of halogens is 1. The standard InChI is InChI=1S/C10H9BrN4O/c1-6-2-3-7(4-8(6)11)14-10(16)9-12-5-13-15-9/h2-5H,1H3,(H,14,16)(H,12,13,15). The minimum Gasteiger partial charge on any atom is -0.319 e. The van der Waals surface area contributed by atoms with Crippen molar-refractivity contribution in [2.45, 2.75) is 6.92 Å². The van der Waals surface area contributed by atoms with E-state index in [0.717, 1.165) is 10.0 Å². The van der Waals surface area contributed by atoms with Gasteiger partial charge in [0.2, 0.25) is 5.82 Å². The van der Waals surface area contributed by atoms with Crippen LogP contribution in [0, 0.1) is 6.92 Å². The number of nitrogens with zero attached hydrogens (tertiary/aromatic N) is 2. The molecule has 0 aliphatic heterocycles. The average molecular weight is 281 g/mol. The molecule has 0 spiro atoms. The van der Waals surface area contributed by atoms with Crippen molar-refractivity contribution in [3.63, 3.8) is 0 Å². The van der Waals surface area contributed by atoms with Gasteiger partial charge in [-0.05, 0) is 24.6 Å². The van der Waals surface area contributed by atoms with E-state index in [1.807, 2.05) is 25.1 Å². The van der Waals surface area contributed by atoms with E-state index in [1.165, 1.54) is 6.33 Å². The third-order valence-corrected chi connectivity index (χ3v) is 2.91. The molecule has 0 saturated heterocycles. The number of aromatic amines is 1. The van der Waals surface area contributed by atoms with Crippen molar-refractivity contribution >= 4 is 27.5 Å². The molecule has 1 heterocycles. The predicted molar refractivity (Wildman–Crippen MR) is 63.2 cm³/mol. The van der Waals surface area contributed by atoms with Gasteiger partial charge >= 0.3 is 0 Å². The van der Waals surface area contributed by atoms with Gasteiger partial charge in [-0.25, -0.2) is 4.98 Å². The summed E-state index contributed by atoms with van der Waals surface area (Å²) in [5, 5.41) is 8.82. The molecule has 0 radical (unpaired) electrons. The first kappa shape index (κ1) is 10.8. The Morgan fingerprint density at radius 1 is 1.50 bits per heavy atom. The van der Waals surface area contributed by atoms with Crippen molar-refractivity contribution in [1.29, 1.82) is 0 Å². The normalized spacial score (nSPS) is 10.1. The molecule has 0 atom stereocenters. The van der Waals surface area contributed by atoms with Gasteiger partial charge in [0.05, 0.1) is 0 Å². The van der Waals surface area contributed by atoms with Gasteiger partial charge in [0.25, 0.3) is 5.91 Å². The zero-order valence-corrected chi connectivity index (χ0v) is 10.1. The van der Waals surface area contributed by atoms with Gasteiger partial charge in [-0.2, -0.15) is 5.10 Å². The van der Waals surface area contributed by atoms with Crippen LogP contribution in [0.25, 0.3) is 0 Å². The van der Waals surface area contributed by atoms with E-state index in [2.05, 4.69) is 36.4 Å². The second-order valence-electron chi connectivity index (χ2n) is 3.25. The molecule has 5 nitrogen and oxygen atoms in total. The highest BCUT2D eigenvalue weighted by atomic mass is 79.9. The number of benzene rings is 1. The van der Waals surface area contributed by atoms with Crippen LogP contribution in [0.3, 0.4) is 0 Å². The highest BCUT2D eigenvalue weighted by Crippen LogP contribution is 2.20. The van der Waals surface area contributed by atoms with Crippen LogP contribution in [-0.2, 0) is 0 Å². The van der Waals surface area contributed by atoms with Crippen LogP contribution in [-0.4, -0.2) is 21.1 Å². The molecular weight excluding hydrogens is 272 g/mol. The van der Waals surface area contributed by atoms with E-state index in [1.54, 1.807) is 0 Å². The van der Waals surface area contributed by atoms with E-state index in [9.17, 15) is 4.79 Å². The second kappa shape index (κ2) is 4.44. The highest BCUT2D eigenvalue weighted by Gasteiger charge is 2.08. The summed E-state index contributed by atoms with van der Waals surface area (Å²) in [6, 6.07) is 5.58. The lowest BCUT2D eigenvalue weighted by Crippen LogP contribution is -2.13. The Morgan fingerprint density at radius 2 is 2.31 bits per heavy atom. The maximum absolute atomic E-state index is 11.6. The summed E-state index contributed by atoms with van der Waals surface area (Å²) in [7, 11) is 0. The van der Waals surface area contributed by atoms with Crippen molar-refractivity contribution in [2.75, 3.05) is 5.32 Å². The van der Waals surface area contributed by atoms with Gasteiger partial charge in [-0.15, -0.1) is 0 Å². The number of carbonyl (C=O) groups excluding carboxylic acids is 1. The van der Waals surface area contributed by atoms with E-state index >= 15 is 0 Å². The second-order valence-corrected chi connectivity index (χ2v) is 4.11. The molecule has 2 aromatic rings. The summed E-state index contributed by atoms with van der Waals surface area (Å²) in [5.74, 6) is -0.120. The maximum Gasteiger partial charge on any atom is 0.292 e. The van der Waals surface area contributed by atoms with Crippen LogP contribution in [0.5, 0.6) is 0 Å². The van der Waals surface area contributed by atoms with Crippen molar-refractivity contribution in [3.8, 4) is 0 Å². The Morgan fingerprint density at radius 3 is 2.94 bits per heavy atom. The van der Waals surface area contributed by atoms with Gasteiger partial charge in [-0.1, -0.05) is 22.0 Å². The average Bonchev–Trinajstić information content (AvgIpc) is 2.77. The predicted octanol–water partition coefficient (Wildman–Crippen LogP) is 2.13. The molecule has 0 bridgehead atoms. The molecule has 82 valence electrons. The van der Waals surface area contributed by atoms with Crippen molar-refractivity contribution in [1.82, 2.24) is 15.2 Å². The number of hydrogen-bond donors (Lipinski definition) is 2. The highest BCUT2D eigenvalue weighted by molar-refractivity contribution is 9.10. The minimum atomic E-state index is -0.312.